The van der Waals surface area contributed by atoms with Crippen molar-refractivity contribution in [1.82, 2.24) is 14.5 Å². The number of nitrogens with one attached hydrogen (secondary N) is 1. The normalized spacial score (nSPS) is 10.7. The molecule has 0 atom stereocenters. The summed E-state index contributed by atoms with van der Waals surface area (Å²) in [6.07, 6.45) is 2.85. The molecule has 8 heteroatoms. The SMILES string of the molecule is O=C(Cn1cnc2ncccc2c1=O)Nc1ccc(Cl)c(Cl)c1. The van der Waals surface area contributed by atoms with Crippen LogP contribution in [0.15, 0.2) is 47.7 Å². The maximum atomic E-state index is 12.3. The first-order chi connectivity index (χ1) is 11.0. The second-order valence-corrected chi connectivity index (χ2v) is 5.54. The highest BCUT2D eigenvalue weighted by Gasteiger charge is 2.09. The third kappa shape index (κ3) is 3.33. The smallest absolute Gasteiger partial charge is 0.263 e. The van der Waals surface area contributed by atoms with E-state index in [0.29, 0.717) is 26.8 Å². The number of pyridine rings is 1. The number of hydrogen-bond donors (Lipinski definition) is 1. The highest BCUT2D eigenvalue weighted by Crippen LogP contribution is 2.24. The van der Waals surface area contributed by atoms with E-state index in [1.54, 1.807) is 30.5 Å². The summed E-state index contributed by atoms with van der Waals surface area (Å²) in [6.45, 7) is -0.170. The lowest BCUT2D eigenvalue weighted by Gasteiger charge is -2.08. The van der Waals surface area contributed by atoms with Crippen molar-refractivity contribution in [2.75, 3.05) is 5.32 Å². The van der Waals surface area contributed by atoms with Crippen LogP contribution in [-0.2, 0) is 11.3 Å². The minimum atomic E-state index is -0.379. The Bertz CT molecular complexity index is 956. The van der Waals surface area contributed by atoms with Crippen LogP contribution in [-0.4, -0.2) is 20.4 Å². The van der Waals surface area contributed by atoms with Crippen molar-refractivity contribution in [3.8, 4) is 0 Å². The van der Waals surface area contributed by atoms with E-state index in [1.807, 2.05) is 0 Å². The zero-order valence-corrected chi connectivity index (χ0v) is 13.2. The van der Waals surface area contributed by atoms with Crippen LogP contribution in [0.5, 0.6) is 0 Å². The number of nitrogens with zero attached hydrogens (tertiary/aromatic N) is 3. The molecule has 0 fully saturated rings. The summed E-state index contributed by atoms with van der Waals surface area (Å²) in [5, 5.41) is 3.74. The summed E-state index contributed by atoms with van der Waals surface area (Å²) in [5.41, 5.74) is 0.513. The molecule has 0 aliphatic heterocycles. The van der Waals surface area contributed by atoms with Gasteiger partial charge in [-0.15, -0.1) is 0 Å². The fourth-order valence-electron chi connectivity index (χ4n) is 2.04. The van der Waals surface area contributed by atoms with Crippen LogP contribution in [0.25, 0.3) is 11.0 Å². The Labute approximate surface area is 140 Å². The van der Waals surface area contributed by atoms with E-state index in [1.165, 1.54) is 17.0 Å². The summed E-state index contributed by atoms with van der Waals surface area (Å²) in [6, 6.07) is 8.00. The van der Waals surface area contributed by atoms with E-state index in [0.717, 1.165) is 0 Å². The predicted octanol–water partition coefficient (Wildman–Crippen LogP) is 2.74. The van der Waals surface area contributed by atoms with Gasteiger partial charge in [-0.05, 0) is 30.3 Å². The summed E-state index contributed by atoms with van der Waals surface area (Å²) < 4.78 is 1.22. The van der Waals surface area contributed by atoms with Gasteiger partial charge in [0, 0.05) is 11.9 Å². The lowest BCUT2D eigenvalue weighted by atomic mass is 10.3. The molecule has 0 spiro atoms. The molecule has 3 rings (SSSR count). The number of aromatic nitrogens is 3. The molecular formula is C15H10Cl2N4O2. The fraction of sp³-hybridized carbons (Fsp3) is 0.0667. The van der Waals surface area contributed by atoms with E-state index in [4.69, 9.17) is 23.2 Å². The van der Waals surface area contributed by atoms with Gasteiger partial charge in [0.2, 0.25) is 5.91 Å². The molecule has 0 unspecified atom stereocenters. The number of carbonyl (C=O) groups excluding carboxylic acids is 1. The fourth-order valence-corrected chi connectivity index (χ4v) is 2.34. The van der Waals surface area contributed by atoms with E-state index < -0.39 is 0 Å². The third-order valence-corrected chi connectivity index (χ3v) is 3.85. The second kappa shape index (κ2) is 6.36. The van der Waals surface area contributed by atoms with Gasteiger partial charge in [0.05, 0.1) is 15.4 Å². The van der Waals surface area contributed by atoms with Crippen molar-refractivity contribution in [3.63, 3.8) is 0 Å². The van der Waals surface area contributed by atoms with Gasteiger partial charge in [0.1, 0.15) is 12.9 Å². The molecule has 1 aromatic carbocycles. The molecule has 6 nitrogen and oxygen atoms in total. The van der Waals surface area contributed by atoms with Crippen LogP contribution in [0.4, 0.5) is 5.69 Å². The van der Waals surface area contributed by atoms with Crippen LogP contribution < -0.4 is 10.9 Å². The topological polar surface area (TPSA) is 76.9 Å². The highest BCUT2D eigenvalue weighted by molar-refractivity contribution is 6.42. The average Bonchev–Trinajstić information content (AvgIpc) is 2.54. The van der Waals surface area contributed by atoms with Crippen LogP contribution in [0.2, 0.25) is 10.0 Å². The first-order valence-corrected chi connectivity index (χ1v) is 7.35. The Morgan fingerprint density at radius 3 is 2.78 bits per heavy atom. The second-order valence-electron chi connectivity index (χ2n) is 4.73. The number of fused-ring (bicyclic) bond motifs is 1. The molecule has 2 heterocycles. The van der Waals surface area contributed by atoms with Crippen LogP contribution in [0, 0.1) is 0 Å². The minimum absolute atomic E-state index is 0.170. The molecule has 1 N–H and O–H groups in total. The van der Waals surface area contributed by atoms with Gasteiger partial charge in [-0.1, -0.05) is 23.2 Å². The Balaban J connectivity index is 1.81. The van der Waals surface area contributed by atoms with E-state index in [-0.39, 0.29) is 18.0 Å². The summed E-state index contributed by atoms with van der Waals surface area (Å²) in [7, 11) is 0. The number of hydrogen-bond acceptors (Lipinski definition) is 4. The Morgan fingerprint density at radius 1 is 1.17 bits per heavy atom. The molecule has 0 radical (unpaired) electrons. The standard InChI is InChI=1S/C15H10Cl2N4O2/c16-11-4-3-9(6-12(11)17)20-13(22)7-21-8-19-14-10(15(21)23)2-1-5-18-14/h1-6,8H,7H2,(H,20,22). The maximum absolute atomic E-state index is 12.3. The highest BCUT2D eigenvalue weighted by atomic mass is 35.5. The molecule has 0 aliphatic rings. The molecule has 0 bridgehead atoms. The number of halogens is 2. The van der Waals surface area contributed by atoms with Crippen molar-refractivity contribution in [2.45, 2.75) is 6.54 Å². The van der Waals surface area contributed by atoms with Gasteiger partial charge in [0.15, 0.2) is 5.65 Å². The molecule has 116 valence electrons. The molecule has 0 saturated carbocycles. The van der Waals surface area contributed by atoms with Crippen molar-refractivity contribution >= 4 is 45.8 Å². The summed E-state index contributed by atoms with van der Waals surface area (Å²) >= 11 is 11.7. The molecule has 2 aromatic heterocycles. The minimum Gasteiger partial charge on any atom is -0.324 e. The first-order valence-electron chi connectivity index (χ1n) is 6.59. The Hall–Kier alpha value is -2.44. The quantitative estimate of drug-likeness (QED) is 0.789. The van der Waals surface area contributed by atoms with Gasteiger partial charge >= 0.3 is 0 Å². The van der Waals surface area contributed by atoms with Crippen LogP contribution in [0.3, 0.4) is 0 Å². The van der Waals surface area contributed by atoms with Gasteiger partial charge < -0.3 is 5.32 Å². The van der Waals surface area contributed by atoms with E-state index >= 15 is 0 Å². The Morgan fingerprint density at radius 2 is 2.00 bits per heavy atom. The monoisotopic (exact) mass is 348 g/mol. The van der Waals surface area contributed by atoms with E-state index in [2.05, 4.69) is 15.3 Å². The lowest BCUT2D eigenvalue weighted by molar-refractivity contribution is -0.116. The first kappa shape index (κ1) is 15.5. The Kier molecular flexibility index (Phi) is 4.27. The molecule has 23 heavy (non-hydrogen) atoms. The van der Waals surface area contributed by atoms with Crippen LogP contribution >= 0.6 is 23.2 Å². The zero-order chi connectivity index (χ0) is 16.4. The van der Waals surface area contributed by atoms with Gasteiger partial charge in [-0.2, -0.15) is 0 Å². The summed E-state index contributed by atoms with van der Waals surface area (Å²) in [5.74, 6) is -0.379. The predicted molar refractivity (Wildman–Crippen MR) is 88.9 cm³/mol. The van der Waals surface area contributed by atoms with Gasteiger partial charge in [-0.25, -0.2) is 9.97 Å². The number of benzene rings is 1. The average molecular weight is 349 g/mol. The largest absolute Gasteiger partial charge is 0.324 e. The van der Waals surface area contributed by atoms with Crippen LogP contribution in [0.1, 0.15) is 0 Å². The lowest BCUT2D eigenvalue weighted by Crippen LogP contribution is -2.28. The number of anilines is 1. The molecule has 3 aromatic rings. The molecule has 0 aliphatic carbocycles. The van der Waals surface area contributed by atoms with E-state index in [9.17, 15) is 9.59 Å². The number of amides is 1. The van der Waals surface area contributed by atoms with Crippen molar-refractivity contribution < 1.29 is 4.79 Å². The van der Waals surface area contributed by atoms with Crippen molar-refractivity contribution in [1.29, 1.82) is 0 Å². The number of carbonyl (C=O) groups is 1. The van der Waals surface area contributed by atoms with Crippen molar-refractivity contribution in [2.24, 2.45) is 0 Å². The summed E-state index contributed by atoms with van der Waals surface area (Å²) in [4.78, 5) is 32.4. The molecule has 1 amide bonds. The third-order valence-electron chi connectivity index (χ3n) is 3.11. The molecule has 0 saturated heterocycles. The molecular weight excluding hydrogens is 339 g/mol. The number of rotatable bonds is 3. The van der Waals surface area contributed by atoms with Crippen molar-refractivity contribution in [3.05, 3.63) is 63.3 Å². The maximum Gasteiger partial charge on any atom is 0.263 e. The zero-order valence-electron chi connectivity index (χ0n) is 11.7. The van der Waals surface area contributed by atoms with Gasteiger partial charge in [-0.3, -0.25) is 14.2 Å². The van der Waals surface area contributed by atoms with Gasteiger partial charge in [0.25, 0.3) is 5.56 Å².